The zero-order chi connectivity index (χ0) is 11.5. The maximum Gasteiger partial charge on any atom is 0.211 e. The van der Waals surface area contributed by atoms with E-state index >= 15 is 0 Å². The molecule has 0 saturated carbocycles. The second-order valence-corrected chi connectivity index (χ2v) is 3.71. The first-order chi connectivity index (χ1) is 7.66. The van der Waals surface area contributed by atoms with Crippen molar-refractivity contribution in [2.45, 2.75) is 26.4 Å². The Labute approximate surface area is 93.7 Å². The standard InChI is InChI=1S/C10H15N5O/c1-7-4-12-10(16-7)8(2)11-5-9-13-6-14-15(9)3/h4,6,8,11H,5H2,1-3H3. The van der Waals surface area contributed by atoms with Crippen molar-refractivity contribution in [3.05, 3.63) is 30.0 Å². The van der Waals surface area contributed by atoms with E-state index in [0.29, 0.717) is 12.4 Å². The third kappa shape index (κ3) is 2.27. The van der Waals surface area contributed by atoms with Gasteiger partial charge in [0, 0.05) is 7.05 Å². The average Bonchev–Trinajstić information content (AvgIpc) is 2.84. The molecule has 0 amide bonds. The quantitative estimate of drug-likeness (QED) is 0.832. The summed E-state index contributed by atoms with van der Waals surface area (Å²) in [5.41, 5.74) is 0. The van der Waals surface area contributed by atoms with E-state index in [9.17, 15) is 0 Å². The first-order valence-electron chi connectivity index (χ1n) is 5.15. The zero-order valence-corrected chi connectivity index (χ0v) is 9.64. The number of aromatic nitrogens is 4. The van der Waals surface area contributed by atoms with Crippen molar-refractivity contribution in [3.63, 3.8) is 0 Å². The highest BCUT2D eigenvalue weighted by Gasteiger charge is 2.11. The Morgan fingerprint density at radius 3 is 2.88 bits per heavy atom. The predicted molar refractivity (Wildman–Crippen MR) is 57.5 cm³/mol. The van der Waals surface area contributed by atoms with Crippen molar-refractivity contribution >= 4 is 0 Å². The summed E-state index contributed by atoms with van der Waals surface area (Å²) in [7, 11) is 1.87. The Morgan fingerprint density at radius 1 is 1.50 bits per heavy atom. The lowest BCUT2D eigenvalue weighted by Crippen LogP contribution is -2.20. The molecule has 1 unspecified atom stereocenters. The molecular formula is C10H15N5O. The van der Waals surface area contributed by atoms with E-state index in [-0.39, 0.29) is 6.04 Å². The number of aryl methyl sites for hydroxylation is 2. The molecule has 2 aromatic rings. The van der Waals surface area contributed by atoms with Crippen LogP contribution in [-0.4, -0.2) is 19.7 Å². The Morgan fingerprint density at radius 2 is 2.31 bits per heavy atom. The van der Waals surface area contributed by atoms with Crippen LogP contribution in [0.2, 0.25) is 0 Å². The van der Waals surface area contributed by atoms with Crippen LogP contribution in [0.4, 0.5) is 0 Å². The summed E-state index contributed by atoms with van der Waals surface area (Å²) in [6.45, 7) is 4.52. The predicted octanol–water partition coefficient (Wildman–Crippen LogP) is 0.962. The van der Waals surface area contributed by atoms with E-state index in [4.69, 9.17) is 4.42 Å². The molecule has 1 atom stereocenters. The van der Waals surface area contributed by atoms with Crippen molar-refractivity contribution in [3.8, 4) is 0 Å². The van der Waals surface area contributed by atoms with Gasteiger partial charge in [-0.3, -0.25) is 10.00 Å². The molecule has 0 aliphatic carbocycles. The summed E-state index contributed by atoms with van der Waals surface area (Å²) in [6, 6.07) is 0.0606. The Hall–Kier alpha value is -1.69. The Kier molecular flexibility index (Phi) is 3.00. The highest BCUT2D eigenvalue weighted by Crippen LogP contribution is 2.12. The highest BCUT2D eigenvalue weighted by molar-refractivity contribution is 4.95. The molecule has 0 aliphatic heterocycles. The van der Waals surface area contributed by atoms with Gasteiger partial charge in [0.05, 0.1) is 18.8 Å². The molecular weight excluding hydrogens is 206 g/mol. The fourth-order valence-electron chi connectivity index (χ4n) is 1.38. The molecule has 0 aromatic carbocycles. The van der Waals surface area contributed by atoms with Crippen LogP contribution in [0.1, 0.15) is 30.4 Å². The zero-order valence-electron chi connectivity index (χ0n) is 9.64. The van der Waals surface area contributed by atoms with E-state index in [1.807, 2.05) is 20.9 Å². The van der Waals surface area contributed by atoms with E-state index in [1.165, 1.54) is 6.33 Å². The topological polar surface area (TPSA) is 68.8 Å². The Bertz CT molecular complexity index is 461. The summed E-state index contributed by atoms with van der Waals surface area (Å²) in [4.78, 5) is 8.29. The summed E-state index contributed by atoms with van der Waals surface area (Å²) < 4.78 is 7.17. The van der Waals surface area contributed by atoms with Gasteiger partial charge in [-0.15, -0.1) is 0 Å². The summed E-state index contributed by atoms with van der Waals surface area (Å²) >= 11 is 0. The summed E-state index contributed by atoms with van der Waals surface area (Å²) in [5.74, 6) is 2.40. The van der Waals surface area contributed by atoms with E-state index in [1.54, 1.807) is 10.9 Å². The number of nitrogens with one attached hydrogen (secondary N) is 1. The molecule has 86 valence electrons. The molecule has 2 heterocycles. The lowest BCUT2D eigenvalue weighted by Gasteiger charge is -2.09. The summed E-state index contributed by atoms with van der Waals surface area (Å²) in [6.07, 6.45) is 3.26. The van der Waals surface area contributed by atoms with Crippen LogP contribution in [0.3, 0.4) is 0 Å². The van der Waals surface area contributed by atoms with Gasteiger partial charge < -0.3 is 4.42 Å². The number of nitrogens with zero attached hydrogens (tertiary/aromatic N) is 4. The maximum absolute atomic E-state index is 5.43. The summed E-state index contributed by atoms with van der Waals surface area (Å²) in [5, 5.41) is 7.27. The van der Waals surface area contributed by atoms with Crippen LogP contribution in [0.25, 0.3) is 0 Å². The SMILES string of the molecule is Cc1cnc(C(C)NCc2ncnn2C)o1. The number of hydrogen-bond donors (Lipinski definition) is 1. The van der Waals surface area contributed by atoms with Gasteiger partial charge in [-0.1, -0.05) is 0 Å². The van der Waals surface area contributed by atoms with Crippen molar-refractivity contribution in [1.29, 1.82) is 0 Å². The van der Waals surface area contributed by atoms with Crippen LogP contribution < -0.4 is 5.32 Å². The highest BCUT2D eigenvalue weighted by atomic mass is 16.4. The fraction of sp³-hybridized carbons (Fsp3) is 0.500. The molecule has 2 aromatic heterocycles. The molecule has 16 heavy (non-hydrogen) atoms. The molecule has 0 spiro atoms. The van der Waals surface area contributed by atoms with E-state index in [2.05, 4.69) is 20.4 Å². The van der Waals surface area contributed by atoms with Gasteiger partial charge in [-0.05, 0) is 13.8 Å². The number of rotatable bonds is 4. The van der Waals surface area contributed by atoms with Crippen molar-refractivity contribution in [2.24, 2.45) is 7.05 Å². The van der Waals surface area contributed by atoms with Crippen LogP contribution in [0, 0.1) is 6.92 Å². The largest absolute Gasteiger partial charge is 0.444 e. The Balaban J connectivity index is 1.93. The van der Waals surface area contributed by atoms with Gasteiger partial charge in [-0.2, -0.15) is 5.10 Å². The molecule has 2 rings (SSSR count). The van der Waals surface area contributed by atoms with Gasteiger partial charge in [0.25, 0.3) is 0 Å². The van der Waals surface area contributed by atoms with Crippen molar-refractivity contribution in [2.75, 3.05) is 0 Å². The average molecular weight is 221 g/mol. The first-order valence-corrected chi connectivity index (χ1v) is 5.15. The minimum absolute atomic E-state index is 0.0606. The molecule has 0 saturated heterocycles. The fourth-order valence-corrected chi connectivity index (χ4v) is 1.38. The third-order valence-corrected chi connectivity index (χ3v) is 2.38. The van der Waals surface area contributed by atoms with Gasteiger partial charge in [0.2, 0.25) is 5.89 Å². The van der Waals surface area contributed by atoms with E-state index < -0.39 is 0 Å². The third-order valence-electron chi connectivity index (χ3n) is 2.38. The monoisotopic (exact) mass is 221 g/mol. The van der Waals surface area contributed by atoms with Gasteiger partial charge in [0.1, 0.15) is 17.9 Å². The van der Waals surface area contributed by atoms with Crippen LogP contribution in [-0.2, 0) is 13.6 Å². The number of oxazole rings is 1. The lowest BCUT2D eigenvalue weighted by molar-refractivity contribution is 0.397. The molecule has 0 aliphatic rings. The van der Waals surface area contributed by atoms with Crippen LogP contribution >= 0.6 is 0 Å². The number of hydrogen-bond acceptors (Lipinski definition) is 5. The van der Waals surface area contributed by atoms with Gasteiger partial charge in [-0.25, -0.2) is 9.97 Å². The smallest absolute Gasteiger partial charge is 0.211 e. The van der Waals surface area contributed by atoms with Crippen molar-refractivity contribution in [1.82, 2.24) is 25.1 Å². The second kappa shape index (κ2) is 4.44. The molecule has 6 nitrogen and oxygen atoms in total. The minimum atomic E-state index is 0.0606. The first kappa shape index (κ1) is 10.8. The lowest BCUT2D eigenvalue weighted by atomic mass is 10.3. The van der Waals surface area contributed by atoms with E-state index in [0.717, 1.165) is 11.6 Å². The second-order valence-electron chi connectivity index (χ2n) is 3.71. The maximum atomic E-state index is 5.43. The van der Waals surface area contributed by atoms with Crippen molar-refractivity contribution < 1.29 is 4.42 Å². The van der Waals surface area contributed by atoms with Crippen LogP contribution in [0.5, 0.6) is 0 Å². The molecule has 0 radical (unpaired) electrons. The molecule has 6 heteroatoms. The molecule has 1 N–H and O–H groups in total. The molecule has 0 fully saturated rings. The normalized spacial score (nSPS) is 12.9. The molecule has 0 bridgehead atoms. The van der Waals surface area contributed by atoms with Crippen LogP contribution in [0.15, 0.2) is 16.9 Å². The van der Waals surface area contributed by atoms with Gasteiger partial charge >= 0.3 is 0 Å². The van der Waals surface area contributed by atoms with Gasteiger partial charge in [0.15, 0.2) is 0 Å². The minimum Gasteiger partial charge on any atom is -0.444 e.